The SMILES string of the molecule is CCCCC(=O)C1C=CC=CC1=O. The zero-order valence-corrected chi connectivity index (χ0v) is 7.82. The normalized spacial score (nSPS) is 20.7. The first-order valence-electron chi connectivity index (χ1n) is 4.67. The van der Waals surface area contributed by atoms with Gasteiger partial charge in [-0.1, -0.05) is 31.6 Å². The van der Waals surface area contributed by atoms with E-state index in [0.717, 1.165) is 12.8 Å². The van der Waals surface area contributed by atoms with Crippen molar-refractivity contribution in [2.45, 2.75) is 26.2 Å². The molecule has 0 bridgehead atoms. The van der Waals surface area contributed by atoms with Crippen LogP contribution in [0.1, 0.15) is 26.2 Å². The third-order valence-corrected chi connectivity index (χ3v) is 2.11. The number of rotatable bonds is 4. The van der Waals surface area contributed by atoms with Crippen LogP contribution in [-0.2, 0) is 9.59 Å². The molecule has 0 aliphatic heterocycles. The van der Waals surface area contributed by atoms with Crippen molar-refractivity contribution in [3.05, 3.63) is 24.3 Å². The van der Waals surface area contributed by atoms with E-state index in [-0.39, 0.29) is 11.6 Å². The van der Waals surface area contributed by atoms with Gasteiger partial charge in [0.1, 0.15) is 5.78 Å². The van der Waals surface area contributed by atoms with Gasteiger partial charge in [-0.15, -0.1) is 0 Å². The standard InChI is InChI=1S/C11H14O2/c1-2-3-7-10(12)9-6-4-5-8-11(9)13/h4-6,8-9H,2-3,7H2,1H3. The van der Waals surface area contributed by atoms with E-state index in [9.17, 15) is 9.59 Å². The van der Waals surface area contributed by atoms with Gasteiger partial charge in [-0.3, -0.25) is 9.59 Å². The van der Waals surface area contributed by atoms with Crippen LogP contribution in [-0.4, -0.2) is 11.6 Å². The van der Waals surface area contributed by atoms with Crippen LogP contribution in [0.2, 0.25) is 0 Å². The summed E-state index contributed by atoms with van der Waals surface area (Å²) in [5.41, 5.74) is 0. The predicted molar refractivity (Wildman–Crippen MR) is 51.3 cm³/mol. The molecule has 0 aromatic rings. The second-order valence-electron chi connectivity index (χ2n) is 3.19. The van der Waals surface area contributed by atoms with Crippen molar-refractivity contribution < 1.29 is 9.59 Å². The van der Waals surface area contributed by atoms with Gasteiger partial charge in [-0.05, 0) is 12.5 Å². The quantitative estimate of drug-likeness (QED) is 0.617. The van der Waals surface area contributed by atoms with E-state index < -0.39 is 5.92 Å². The minimum Gasteiger partial charge on any atom is -0.299 e. The van der Waals surface area contributed by atoms with Crippen LogP contribution in [0.4, 0.5) is 0 Å². The first-order chi connectivity index (χ1) is 6.25. The molecule has 2 heteroatoms. The molecule has 2 nitrogen and oxygen atoms in total. The van der Waals surface area contributed by atoms with Gasteiger partial charge in [-0.2, -0.15) is 0 Å². The lowest BCUT2D eigenvalue weighted by Crippen LogP contribution is -2.21. The average Bonchev–Trinajstić information content (AvgIpc) is 2.15. The maximum atomic E-state index is 11.5. The number of hydrogen-bond donors (Lipinski definition) is 0. The highest BCUT2D eigenvalue weighted by molar-refractivity contribution is 6.09. The Labute approximate surface area is 78.3 Å². The summed E-state index contributed by atoms with van der Waals surface area (Å²) in [7, 11) is 0. The lowest BCUT2D eigenvalue weighted by Gasteiger charge is -2.09. The van der Waals surface area contributed by atoms with E-state index in [1.807, 2.05) is 6.92 Å². The first kappa shape index (κ1) is 9.90. The molecular formula is C11H14O2. The monoisotopic (exact) mass is 178 g/mol. The Bertz CT molecular complexity index is 261. The predicted octanol–water partition coefficient (Wildman–Crippen LogP) is 2.06. The highest BCUT2D eigenvalue weighted by Gasteiger charge is 2.21. The number of carbonyl (C=O) groups is 2. The summed E-state index contributed by atoms with van der Waals surface area (Å²) in [6.45, 7) is 2.03. The molecule has 0 aromatic carbocycles. The van der Waals surface area contributed by atoms with Gasteiger partial charge in [-0.25, -0.2) is 0 Å². The minimum absolute atomic E-state index is 0.0486. The molecule has 70 valence electrons. The summed E-state index contributed by atoms with van der Waals surface area (Å²) in [4.78, 5) is 22.7. The van der Waals surface area contributed by atoms with Crippen LogP contribution in [0.3, 0.4) is 0 Å². The van der Waals surface area contributed by atoms with Crippen molar-refractivity contribution in [1.29, 1.82) is 0 Å². The first-order valence-corrected chi connectivity index (χ1v) is 4.67. The Hall–Kier alpha value is -1.18. The van der Waals surface area contributed by atoms with Crippen molar-refractivity contribution in [3.8, 4) is 0 Å². The Morgan fingerprint density at radius 3 is 2.85 bits per heavy atom. The summed E-state index contributed by atoms with van der Waals surface area (Å²) in [5, 5.41) is 0. The molecule has 0 N–H and O–H groups in total. The zero-order valence-electron chi connectivity index (χ0n) is 7.82. The van der Waals surface area contributed by atoms with E-state index in [4.69, 9.17) is 0 Å². The largest absolute Gasteiger partial charge is 0.299 e. The maximum absolute atomic E-state index is 11.5. The van der Waals surface area contributed by atoms with Crippen LogP contribution in [0, 0.1) is 5.92 Å². The lowest BCUT2D eigenvalue weighted by molar-refractivity contribution is -0.128. The van der Waals surface area contributed by atoms with Gasteiger partial charge >= 0.3 is 0 Å². The lowest BCUT2D eigenvalue weighted by atomic mass is 9.92. The zero-order chi connectivity index (χ0) is 9.68. The van der Waals surface area contributed by atoms with Gasteiger partial charge in [0.2, 0.25) is 0 Å². The summed E-state index contributed by atoms with van der Waals surface area (Å²) < 4.78 is 0. The fraction of sp³-hybridized carbons (Fsp3) is 0.455. The Kier molecular flexibility index (Phi) is 3.62. The summed E-state index contributed by atoms with van der Waals surface area (Å²) >= 11 is 0. The fourth-order valence-electron chi connectivity index (χ4n) is 1.30. The number of hydrogen-bond acceptors (Lipinski definition) is 2. The summed E-state index contributed by atoms with van der Waals surface area (Å²) in [6, 6.07) is 0. The molecule has 1 aliphatic carbocycles. The molecule has 0 fully saturated rings. The Morgan fingerprint density at radius 1 is 1.46 bits per heavy atom. The molecule has 0 saturated heterocycles. The van der Waals surface area contributed by atoms with Crippen LogP contribution >= 0.6 is 0 Å². The molecule has 0 radical (unpaired) electrons. The average molecular weight is 178 g/mol. The van der Waals surface area contributed by atoms with Crippen molar-refractivity contribution >= 4 is 11.6 Å². The molecule has 13 heavy (non-hydrogen) atoms. The van der Waals surface area contributed by atoms with E-state index in [1.54, 1.807) is 18.2 Å². The number of ketones is 2. The van der Waals surface area contributed by atoms with Crippen LogP contribution in [0.5, 0.6) is 0 Å². The molecule has 0 spiro atoms. The highest BCUT2D eigenvalue weighted by Crippen LogP contribution is 2.12. The smallest absolute Gasteiger partial charge is 0.169 e. The van der Waals surface area contributed by atoms with E-state index >= 15 is 0 Å². The minimum atomic E-state index is -0.503. The van der Waals surface area contributed by atoms with E-state index in [2.05, 4.69) is 0 Å². The number of carbonyl (C=O) groups excluding carboxylic acids is 2. The summed E-state index contributed by atoms with van der Waals surface area (Å²) in [5.74, 6) is -0.535. The van der Waals surface area contributed by atoms with E-state index in [1.165, 1.54) is 6.08 Å². The molecule has 0 amide bonds. The van der Waals surface area contributed by atoms with Gasteiger partial charge in [0.15, 0.2) is 5.78 Å². The van der Waals surface area contributed by atoms with Crippen LogP contribution < -0.4 is 0 Å². The van der Waals surface area contributed by atoms with Crippen molar-refractivity contribution in [1.82, 2.24) is 0 Å². The van der Waals surface area contributed by atoms with Gasteiger partial charge < -0.3 is 0 Å². The molecule has 0 aromatic heterocycles. The van der Waals surface area contributed by atoms with Crippen LogP contribution in [0.15, 0.2) is 24.3 Å². The van der Waals surface area contributed by atoms with Crippen molar-refractivity contribution in [2.24, 2.45) is 5.92 Å². The third kappa shape index (κ3) is 2.65. The number of unbranched alkanes of at least 4 members (excludes halogenated alkanes) is 1. The van der Waals surface area contributed by atoms with Crippen LogP contribution in [0.25, 0.3) is 0 Å². The Balaban J connectivity index is 2.51. The van der Waals surface area contributed by atoms with Gasteiger partial charge in [0, 0.05) is 6.42 Å². The van der Waals surface area contributed by atoms with Crippen molar-refractivity contribution in [2.75, 3.05) is 0 Å². The van der Waals surface area contributed by atoms with Gasteiger partial charge in [0.25, 0.3) is 0 Å². The Morgan fingerprint density at radius 2 is 2.23 bits per heavy atom. The summed E-state index contributed by atoms with van der Waals surface area (Å²) in [6.07, 6.45) is 8.97. The second kappa shape index (κ2) is 4.75. The van der Waals surface area contributed by atoms with Gasteiger partial charge in [0.05, 0.1) is 5.92 Å². The molecule has 1 unspecified atom stereocenters. The highest BCUT2D eigenvalue weighted by atomic mass is 16.1. The third-order valence-electron chi connectivity index (χ3n) is 2.11. The molecular weight excluding hydrogens is 164 g/mol. The van der Waals surface area contributed by atoms with E-state index in [0.29, 0.717) is 6.42 Å². The number of Topliss-reactive ketones (excluding diaryl/α,β-unsaturated/α-hetero) is 1. The molecule has 1 aliphatic rings. The topological polar surface area (TPSA) is 34.1 Å². The molecule has 1 rings (SSSR count). The second-order valence-corrected chi connectivity index (χ2v) is 3.19. The molecule has 0 saturated carbocycles. The maximum Gasteiger partial charge on any atom is 0.169 e. The number of allylic oxidation sites excluding steroid dienone is 4. The molecule has 1 atom stereocenters. The molecule has 0 heterocycles. The fourth-order valence-corrected chi connectivity index (χ4v) is 1.30. The van der Waals surface area contributed by atoms with Crippen molar-refractivity contribution in [3.63, 3.8) is 0 Å².